The Morgan fingerprint density at radius 3 is 1.94 bits per heavy atom. The van der Waals surface area contributed by atoms with Crippen LogP contribution in [0.25, 0.3) is 0 Å². The summed E-state index contributed by atoms with van der Waals surface area (Å²) in [6, 6.07) is 14.0. The zero-order valence-corrected chi connectivity index (χ0v) is 28.8. The van der Waals surface area contributed by atoms with E-state index in [0.29, 0.717) is 5.56 Å². The van der Waals surface area contributed by atoms with E-state index in [2.05, 4.69) is 21.4 Å². The third-order valence-electron chi connectivity index (χ3n) is 7.39. The second-order valence-corrected chi connectivity index (χ2v) is 12.4. The van der Waals surface area contributed by atoms with E-state index in [-0.39, 0.29) is 44.1 Å². The molecule has 2 rings (SSSR count). The summed E-state index contributed by atoms with van der Waals surface area (Å²) in [4.78, 5) is 82.5. The summed E-state index contributed by atoms with van der Waals surface area (Å²) in [6.07, 6.45) is 1.69. The summed E-state index contributed by atoms with van der Waals surface area (Å²) < 4.78 is 5.25. The molecule has 0 heterocycles. The molecule has 0 saturated carbocycles. The van der Waals surface area contributed by atoms with Crippen molar-refractivity contribution in [3.05, 3.63) is 83.9 Å². The van der Waals surface area contributed by atoms with E-state index < -0.39 is 59.5 Å². The van der Waals surface area contributed by atoms with Gasteiger partial charge in [0.15, 0.2) is 0 Å². The summed E-state index contributed by atoms with van der Waals surface area (Å²) in [5.74, 6) is -3.73. The number of amides is 4. The van der Waals surface area contributed by atoms with Crippen molar-refractivity contribution in [1.82, 2.24) is 21.4 Å². The number of ether oxygens (including phenoxy) is 1. The molecule has 0 saturated heterocycles. The predicted molar refractivity (Wildman–Crippen MR) is 183 cm³/mol. The minimum Gasteiger partial charge on any atom is -0.445 e. The van der Waals surface area contributed by atoms with Crippen molar-refractivity contribution in [2.45, 2.75) is 84.2 Å². The van der Waals surface area contributed by atoms with E-state index in [0.717, 1.165) is 11.6 Å². The number of benzene rings is 2. The van der Waals surface area contributed by atoms with Gasteiger partial charge in [0.2, 0.25) is 29.3 Å². The molecular weight excluding hydrogens is 630 g/mol. The third kappa shape index (κ3) is 15.3. The lowest BCUT2D eigenvalue weighted by molar-refractivity contribution is -0.137. The first-order chi connectivity index (χ1) is 23.3. The Labute approximate surface area is 287 Å². The molecule has 6 N–H and O–H groups in total. The van der Waals surface area contributed by atoms with Crippen LogP contribution in [0.4, 0.5) is 4.79 Å². The van der Waals surface area contributed by atoms with Gasteiger partial charge in [-0.1, -0.05) is 94.4 Å². The molecule has 266 valence electrons. The first-order valence-electron chi connectivity index (χ1n) is 16.3. The molecule has 2 aromatic rings. The van der Waals surface area contributed by atoms with E-state index in [4.69, 9.17) is 15.3 Å². The van der Waals surface area contributed by atoms with Crippen molar-refractivity contribution in [2.24, 2.45) is 17.6 Å². The van der Waals surface area contributed by atoms with Crippen molar-refractivity contribution >= 4 is 35.4 Å². The number of hydrogen-bond donors (Lipinski definition) is 5. The first kappa shape index (κ1) is 40.3. The van der Waals surface area contributed by atoms with E-state index in [1.54, 1.807) is 54.6 Å². The molecule has 0 spiro atoms. The Hall–Kier alpha value is -4.88. The first-order valence-corrected chi connectivity index (χ1v) is 16.3. The summed E-state index contributed by atoms with van der Waals surface area (Å²) in [7, 11) is 1.39. The lowest BCUT2D eigenvalue weighted by atomic mass is 9.97. The van der Waals surface area contributed by atoms with Crippen molar-refractivity contribution in [1.29, 1.82) is 0 Å². The Morgan fingerprint density at radius 2 is 1.39 bits per heavy atom. The Balaban J connectivity index is 2.25. The molecule has 13 heteroatoms. The molecule has 13 nitrogen and oxygen atoms in total. The SMILES string of the molecule is CON[C@H](C(=O)N[C@@H](CC(C)C)C(=O)N[C@@H](Cc1ccccc1)C(=O)C(=O)/C=C/[C@H](CCC(N)=O)NC(=O)OCc1ccccc1)C(C)C. The highest BCUT2D eigenvalue weighted by atomic mass is 16.6. The van der Waals surface area contributed by atoms with E-state index in [1.807, 2.05) is 33.8 Å². The maximum absolute atomic E-state index is 13.6. The van der Waals surface area contributed by atoms with Crippen LogP contribution < -0.4 is 27.2 Å². The van der Waals surface area contributed by atoms with Crippen molar-refractivity contribution in [3.63, 3.8) is 0 Å². The van der Waals surface area contributed by atoms with Crippen LogP contribution in [0.2, 0.25) is 0 Å². The highest BCUT2D eigenvalue weighted by molar-refractivity contribution is 6.43. The molecule has 0 bridgehead atoms. The number of carbonyl (C=O) groups excluding carboxylic acids is 6. The van der Waals surface area contributed by atoms with Crippen molar-refractivity contribution in [2.75, 3.05) is 7.11 Å². The van der Waals surface area contributed by atoms with Gasteiger partial charge in [-0.25, -0.2) is 4.79 Å². The van der Waals surface area contributed by atoms with Crippen LogP contribution in [0.1, 0.15) is 58.1 Å². The lowest BCUT2D eigenvalue weighted by Crippen LogP contribution is -2.57. The van der Waals surface area contributed by atoms with Gasteiger partial charge in [-0.3, -0.25) is 24.0 Å². The van der Waals surface area contributed by atoms with Gasteiger partial charge in [-0.15, -0.1) is 0 Å². The van der Waals surface area contributed by atoms with Crippen LogP contribution in [0, 0.1) is 11.8 Å². The quantitative estimate of drug-likeness (QED) is 0.0749. The molecule has 0 aliphatic rings. The lowest BCUT2D eigenvalue weighted by Gasteiger charge is -2.27. The van der Waals surface area contributed by atoms with Gasteiger partial charge in [0.1, 0.15) is 18.7 Å². The fourth-order valence-corrected chi connectivity index (χ4v) is 4.80. The van der Waals surface area contributed by atoms with Crippen molar-refractivity contribution in [3.8, 4) is 0 Å². The van der Waals surface area contributed by atoms with E-state index >= 15 is 0 Å². The number of alkyl carbamates (subject to hydrolysis) is 1. The topological polar surface area (TPSA) is 195 Å². The zero-order valence-electron chi connectivity index (χ0n) is 28.8. The number of rotatable bonds is 21. The molecule has 0 aromatic heterocycles. The number of carbonyl (C=O) groups is 6. The fraction of sp³-hybridized carbons (Fsp3) is 0.444. The summed E-state index contributed by atoms with van der Waals surface area (Å²) in [5.41, 5.74) is 9.39. The van der Waals surface area contributed by atoms with Gasteiger partial charge in [-0.05, 0) is 41.9 Å². The number of Topliss-reactive ketones (excluding diaryl/α,β-unsaturated/α-hetero) is 1. The minimum atomic E-state index is -1.27. The normalized spacial score (nSPS) is 13.7. The highest BCUT2D eigenvalue weighted by Crippen LogP contribution is 2.11. The van der Waals surface area contributed by atoms with Gasteiger partial charge >= 0.3 is 6.09 Å². The second-order valence-electron chi connectivity index (χ2n) is 12.4. The predicted octanol–water partition coefficient (Wildman–Crippen LogP) is 2.68. The number of hydroxylamine groups is 1. The highest BCUT2D eigenvalue weighted by Gasteiger charge is 2.32. The fourth-order valence-electron chi connectivity index (χ4n) is 4.80. The second kappa shape index (κ2) is 21.2. The summed E-state index contributed by atoms with van der Waals surface area (Å²) >= 11 is 0. The van der Waals surface area contributed by atoms with Crippen molar-refractivity contribution < 1.29 is 38.3 Å². The average molecular weight is 680 g/mol. The van der Waals surface area contributed by atoms with Crippen LogP contribution in [-0.4, -0.2) is 66.7 Å². The Morgan fingerprint density at radius 1 is 0.796 bits per heavy atom. The molecule has 0 aliphatic carbocycles. The number of nitrogens with one attached hydrogen (secondary N) is 4. The minimum absolute atomic E-state index is 0.000920. The van der Waals surface area contributed by atoms with Crippen LogP contribution in [0.3, 0.4) is 0 Å². The number of nitrogens with two attached hydrogens (primary N) is 1. The van der Waals surface area contributed by atoms with Gasteiger partial charge in [0.05, 0.1) is 19.2 Å². The standard InChI is InChI=1S/C36H49N5O8/c1-23(2)20-29(40-35(46)32(24(3)4)41-48-5)34(45)39-28(21-25-12-8-6-9-13-25)33(44)30(42)18-16-27(17-19-31(37)43)38-36(47)49-22-26-14-10-7-11-15-26/h6-16,18,23-24,27-29,32,41H,17,19-22H2,1-5H3,(H2,37,43)(H,38,47)(H,39,45)(H,40,46)/b18-16+/t27-,28+,29+,32+/m1/s1. The number of allylic oxidation sites excluding steroid dienone is 1. The number of primary amides is 1. The van der Waals surface area contributed by atoms with Gasteiger partial charge < -0.3 is 31.3 Å². The van der Waals surface area contributed by atoms with Gasteiger partial charge in [-0.2, -0.15) is 5.48 Å². The molecule has 0 unspecified atom stereocenters. The maximum atomic E-state index is 13.6. The van der Waals surface area contributed by atoms with Crippen LogP contribution >= 0.6 is 0 Å². The summed E-state index contributed by atoms with van der Waals surface area (Å²) in [5, 5.41) is 8.02. The molecule has 0 radical (unpaired) electrons. The molecule has 2 aromatic carbocycles. The van der Waals surface area contributed by atoms with E-state index in [9.17, 15) is 28.8 Å². The van der Waals surface area contributed by atoms with Crippen LogP contribution in [0.5, 0.6) is 0 Å². The molecule has 4 amide bonds. The van der Waals surface area contributed by atoms with Gasteiger partial charge in [0, 0.05) is 12.8 Å². The molecule has 4 atom stereocenters. The van der Waals surface area contributed by atoms with Crippen LogP contribution in [-0.2, 0) is 46.6 Å². The Kier molecular flexibility index (Phi) is 17.4. The number of hydrogen-bond acceptors (Lipinski definition) is 9. The largest absolute Gasteiger partial charge is 0.445 e. The van der Waals surface area contributed by atoms with E-state index in [1.165, 1.54) is 13.2 Å². The number of ketones is 2. The molecule has 49 heavy (non-hydrogen) atoms. The maximum Gasteiger partial charge on any atom is 0.407 e. The third-order valence-corrected chi connectivity index (χ3v) is 7.39. The monoisotopic (exact) mass is 679 g/mol. The van der Waals surface area contributed by atoms with Crippen LogP contribution in [0.15, 0.2) is 72.8 Å². The Bertz CT molecular complexity index is 1420. The zero-order chi connectivity index (χ0) is 36.3. The molecule has 0 fully saturated rings. The average Bonchev–Trinajstić information content (AvgIpc) is 3.06. The molecular formula is C36H49N5O8. The van der Waals surface area contributed by atoms with Gasteiger partial charge in [0.25, 0.3) is 0 Å². The smallest absolute Gasteiger partial charge is 0.407 e. The summed E-state index contributed by atoms with van der Waals surface area (Å²) in [6.45, 7) is 7.42. The molecule has 0 aliphatic heterocycles.